The van der Waals surface area contributed by atoms with Gasteiger partial charge in [0.2, 0.25) is 0 Å². The summed E-state index contributed by atoms with van der Waals surface area (Å²) in [4.78, 5) is 18.1. The SMILES string of the molecule is CN(Cc1cccc(O)c1F)C(=O)C1=C[C@@]23CC[C@]1(O)[C@@H]1Oc4c(O)ccc5c4[C@@]12CCN(CC1CC1)[C@@H]3C5. The first-order valence-corrected chi connectivity index (χ1v) is 14.1. The first kappa shape index (κ1) is 23.8. The first-order chi connectivity index (χ1) is 18.7. The fourth-order valence-corrected chi connectivity index (χ4v) is 9.02. The van der Waals surface area contributed by atoms with Crippen LogP contribution >= 0.6 is 0 Å². The van der Waals surface area contributed by atoms with Crippen molar-refractivity contribution >= 4 is 5.91 Å². The lowest BCUT2D eigenvalue weighted by Gasteiger charge is -2.70. The number of phenolic OH excluding ortho intramolecular Hbond substituents is 2. The van der Waals surface area contributed by atoms with Gasteiger partial charge in [0, 0.05) is 48.3 Å². The largest absolute Gasteiger partial charge is 0.505 e. The van der Waals surface area contributed by atoms with Crippen LogP contribution in [0.3, 0.4) is 0 Å². The Labute approximate surface area is 226 Å². The molecule has 1 saturated heterocycles. The van der Waals surface area contributed by atoms with Crippen molar-refractivity contribution in [3.05, 3.63) is 64.5 Å². The molecule has 5 aliphatic carbocycles. The number of ether oxygens (including phenoxy) is 1. The highest BCUT2D eigenvalue weighted by Gasteiger charge is 2.78. The minimum atomic E-state index is -1.53. The minimum Gasteiger partial charge on any atom is -0.505 e. The summed E-state index contributed by atoms with van der Waals surface area (Å²) >= 11 is 0. The molecule has 7 nitrogen and oxygen atoms in total. The second-order valence-electron chi connectivity index (χ2n) is 12.8. The lowest BCUT2D eigenvalue weighted by molar-refractivity contribution is -0.188. The van der Waals surface area contributed by atoms with Gasteiger partial charge in [-0.25, -0.2) is 4.39 Å². The van der Waals surface area contributed by atoms with Gasteiger partial charge in [-0.2, -0.15) is 0 Å². The van der Waals surface area contributed by atoms with Gasteiger partial charge in [-0.1, -0.05) is 24.3 Å². The van der Waals surface area contributed by atoms with Gasteiger partial charge in [-0.15, -0.1) is 0 Å². The summed E-state index contributed by atoms with van der Waals surface area (Å²) < 4.78 is 21.1. The van der Waals surface area contributed by atoms with Crippen molar-refractivity contribution in [2.45, 2.75) is 68.2 Å². The molecule has 0 radical (unpaired) electrons. The van der Waals surface area contributed by atoms with Crippen LogP contribution in [0.15, 0.2) is 42.0 Å². The molecule has 3 N–H and O–H groups in total. The molecule has 2 aromatic rings. The third-order valence-corrected chi connectivity index (χ3v) is 10.9. The van der Waals surface area contributed by atoms with E-state index in [1.54, 1.807) is 25.2 Å². The van der Waals surface area contributed by atoms with E-state index in [1.807, 2.05) is 6.07 Å². The number of phenols is 2. The lowest BCUT2D eigenvalue weighted by Crippen LogP contribution is -2.78. The maximum absolute atomic E-state index is 14.6. The van der Waals surface area contributed by atoms with Crippen LogP contribution in [0, 0.1) is 17.2 Å². The number of rotatable bonds is 5. The second kappa shape index (κ2) is 7.55. The quantitative estimate of drug-likeness (QED) is 0.547. The van der Waals surface area contributed by atoms with Crippen LogP contribution in [-0.2, 0) is 23.2 Å². The third-order valence-electron chi connectivity index (χ3n) is 10.9. The van der Waals surface area contributed by atoms with Crippen molar-refractivity contribution in [3.8, 4) is 17.2 Å². The van der Waals surface area contributed by atoms with Crippen LogP contribution in [-0.4, -0.2) is 68.9 Å². The maximum atomic E-state index is 14.6. The first-order valence-electron chi connectivity index (χ1n) is 14.1. The predicted octanol–water partition coefficient (Wildman–Crippen LogP) is 3.39. The number of carbonyl (C=O) groups excluding carboxylic acids is 1. The van der Waals surface area contributed by atoms with Gasteiger partial charge in [-0.3, -0.25) is 9.69 Å². The average molecular weight is 533 g/mol. The molecule has 9 rings (SSSR count). The van der Waals surface area contributed by atoms with E-state index >= 15 is 0 Å². The molecule has 8 heteroatoms. The normalized spacial score (nSPS) is 35.3. The van der Waals surface area contributed by atoms with Gasteiger partial charge in [0.05, 0.1) is 5.41 Å². The topological polar surface area (TPSA) is 93.5 Å². The minimum absolute atomic E-state index is 0.0431. The molecular formula is C31H33FN2O5. The smallest absolute Gasteiger partial charge is 0.252 e. The number of aromatic hydroxyl groups is 2. The molecular weight excluding hydrogens is 499 g/mol. The zero-order valence-corrected chi connectivity index (χ0v) is 22.0. The summed E-state index contributed by atoms with van der Waals surface area (Å²) in [7, 11) is 1.60. The van der Waals surface area contributed by atoms with Crippen LogP contribution in [0.2, 0.25) is 0 Å². The third kappa shape index (κ3) is 2.81. The molecule has 4 bridgehead atoms. The molecule has 2 aliphatic heterocycles. The number of aliphatic hydroxyl groups is 1. The van der Waals surface area contributed by atoms with Crippen LogP contribution in [0.5, 0.6) is 17.2 Å². The van der Waals surface area contributed by atoms with E-state index in [1.165, 1.54) is 29.4 Å². The Morgan fingerprint density at radius 1 is 1.15 bits per heavy atom. The highest BCUT2D eigenvalue weighted by Crippen LogP contribution is 2.74. The van der Waals surface area contributed by atoms with Crippen molar-refractivity contribution in [1.82, 2.24) is 9.80 Å². The van der Waals surface area contributed by atoms with Crippen LogP contribution < -0.4 is 4.74 Å². The number of hydrogen-bond acceptors (Lipinski definition) is 6. The number of likely N-dealkylation sites (tertiary alicyclic amines) is 1. The number of benzene rings is 2. The molecule has 2 aromatic carbocycles. The average Bonchev–Trinajstić information content (AvgIpc) is 3.66. The summed E-state index contributed by atoms with van der Waals surface area (Å²) in [6.45, 7) is 1.91. The van der Waals surface area contributed by atoms with Gasteiger partial charge >= 0.3 is 0 Å². The molecule has 2 saturated carbocycles. The molecule has 204 valence electrons. The Morgan fingerprint density at radius 2 is 1.97 bits per heavy atom. The van der Waals surface area contributed by atoms with E-state index in [-0.39, 0.29) is 29.8 Å². The Kier molecular flexibility index (Phi) is 4.60. The van der Waals surface area contributed by atoms with Crippen molar-refractivity contribution in [3.63, 3.8) is 0 Å². The number of halogens is 1. The number of hydrogen-bond donors (Lipinski definition) is 3. The number of piperidine rings is 1. The fourth-order valence-electron chi connectivity index (χ4n) is 9.02. The number of nitrogens with zero attached hydrogens (tertiary/aromatic N) is 2. The summed E-state index contributed by atoms with van der Waals surface area (Å²) in [5, 5.41) is 33.1. The standard InChI is InChI=1S/C31H33FN2O5/c1-33(16-19-3-2-4-21(35)25(19)32)27(37)20-14-29-9-10-31(20,38)28-30(29)11-12-34(15-17-5-6-17)23(29)13-18-7-8-22(36)26(39-28)24(18)30/h2-4,7-8,14,17,23,28,35-36,38H,5-6,9-13,15-16H2,1H3/t23-,28-,29-,30+,31-/m1/s1. The summed E-state index contributed by atoms with van der Waals surface area (Å²) in [5.74, 6) is -0.298. The van der Waals surface area contributed by atoms with Crippen molar-refractivity contribution in [2.75, 3.05) is 20.1 Å². The van der Waals surface area contributed by atoms with Gasteiger partial charge in [-0.05, 0) is 68.7 Å². The van der Waals surface area contributed by atoms with E-state index in [2.05, 4.69) is 11.0 Å². The number of amides is 1. The van der Waals surface area contributed by atoms with Crippen LogP contribution in [0.4, 0.5) is 4.39 Å². The molecule has 1 amide bonds. The fraction of sp³-hybridized carbons (Fsp3) is 0.516. The molecule has 7 aliphatic rings. The van der Waals surface area contributed by atoms with Crippen molar-refractivity contribution < 1.29 is 29.2 Å². The lowest BCUT2D eigenvalue weighted by atomic mass is 9.38. The van der Waals surface area contributed by atoms with E-state index in [0.717, 1.165) is 43.8 Å². The van der Waals surface area contributed by atoms with Gasteiger partial charge in [0.25, 0.3) is 5.91 Å². The maximum Gasteiger partial charge on any atom is 0.252 e. The van der Waals surface area contributed by atoms with E-state index in [9.17, 15) is 24.5 Å². The molecule has 39 heavy (non-hydrogen) atoms. The van der Waals surface area contributed by atoms with E-state index in [0.29, 0.717) is 17.7 Å². The molecule has 2 heterocycles. The van der Waals surface area contributed by atoms with Gasteiger partial charge in [0.1, 0.15) is 11.7 Å². The Bertz CT molecular complexity index is 1470. The second-order valence-corrected chi connectivity index (χ2v) is 12.8. The zero-order chi connectivity index (χ0) is 26.9. The molecule has 3 fully saturated rings. The van der Waals surface area contributed by atoms with E-state index in [4.69, 9.17) is 4.74 Å². The van der Waals surface area contributed by atoms with Crippen molar-refractivity contribution in [1.29, 1.82) is 0 Å². The Balaban J connectivity index is 1.26. The number of carbonyl (C=O) groups is 1. The molecule has 5 atom stereocenters. The molecule has 2 spiro atoms. The van der Waals surface area contributed by atoms with Gasteiger partial charge < -0.3 is 25.0 Å². The predicted molar refractivity (Wildman–Crippen MR) is 140 cm³/mol. The summed E-state index contributed by atoms with van der Waals surface area (Å²) in [5.41, 5.74) is 0.273. The van der Waals surface area contributed by atoms with Crippen molar-refractivity contribution in [2.24, 2.45) is 11.3 Å². The zero-order valence-electron chi connectivity index (χ0n) is 22.0. The molecule has 0 unspecified atom stereocenters. The Hall–Kier alpha value is -3.10. The van der Waals surface area contributed by atoms with Crippen LogP contribution in [0.25, 0.3) is 0 Å². The van der Waals surface area contributed by atoms with Crippen LogP contribution in [0.1, 0.15) is 48.8 Å². The summed E-state index contributed by atoms with van der Waals surface area (Å²) in [6, 6.07) is 8.26. The number of likely N-dealkylation sites (N-methyl/N-ethyl adjacent to an activating group) is 1. The van der Waals surface area contributed by atoms with E-state index < -0.39 is 34.1 Å². The highest BCUT2D eigenvalue weighted by atomic mass is 19.1. The van der Waals surface area contributed by atoms with Gasteiger partial charge in [0.15, 0.2) is 23.1 Å². The molecule has 0 aromatic heterocycles. The monoisotopic (exact) mass is 532 g/mol. The highest BCUT2D eigenvalue weighted by molar-refractivity contribution is 5.97. The summed E-state index contributed by atoms with van der Waals surface area (Å²) in [6.07, 6.45) is 6.66. The number of fused-ring (bicyclic) bond motifs is 1. The Morgan fingerprint density at radius 3 is 2.77 bits per heavy atom.